The minimum Gasteiger partial charge on any atom is -0.357 e. The maximum absolute atomic E-state index is 4.53. The molecule has 0 aliphatic heterocycles. The largest absolute Gasteiger partial charge is 0.357 e. The van der Waals surface area contributed by atoms with E-state index in [0.717, 1.165) is 11.8 Å². The van der Waals surface area contributed by atoms with Crippen molar-refractivity contribution in [3.05, 3.63) is 5.82 Å². The average molecular weight is 221 g/mol. The second-order valence-corrected chi connectivity index (χ2v) is 4.44. The standard InChI is InChI=1S/C11H19N5/c1-12-10-13-9(8-6-4-5-7-8)14-11(15-10)16(2)3/h8H,4-7H2,1-3H3,(H,12,13,14,15). The van der Waals surface area contributed by atoms with Crippen molar-refractivity contribution >= 4 is 11.9 Å². The van der Waals surface area contributed by atoms with Crippen LogP contribution in [0.15, 0.2) is 0 Å². The van der Waals surface area contributed by atoms with E-state index in [9.17, 15) is 0 Å². The quantitative estimate of drug-likeness (QED) is 0.841. The van der Waals surface area contributed by atoms with Gasteiger partial charge in [0.2, 0.25) is 11.9 Å². The number of rotatable bonds is 3. The van der Waals surface area contributed by atoms with E-state index in [1.165, 1.54) is 25.7 Å². The number of aromatic nitrogens is 3. The molecule has 88 valence electrons. The molecule has 0 bridgehead atoms. The van der Waals surface area contributed by atoms with Gasteiger partial charge < -0.3 is 10.2 Å². The van der Waals surface area contributed by atoms with Crippen molar-refractivity contribution in [3.63, 3.8) is 0 Å². The summed E-state index contributed by atoms with van der Waals surface area (Å²) in [5, 5.41) is 3.00. The molecule has 0 spiro atoms. The van der Waals surface area contributed by atoms with Crippen LogP contribution in [0.5, 0.6) is 0 Å². The van der Waals surface area contributed by atoms with Gasteiger partial charge in [-0.2, -0.15) is 15.0 Å². The molecule has 5 nitrogen and oxygen atoms in total. The minimum atomic E-state index is 0.522. The van der Waals surface area contributed by atoms with Crippen LogP contribution in [-0.4, -0.2) is 36.1 Å². The lowest BCUT2D eigenvalue weighted by Gasteiger charge is -2.14. The van der Waals surface area contributed by atoms with Crippen molar-refractivity contribution in [2.45, 2.75) is 31.6 Å². The highest BCUT2D eigenvalue weighted by molar-refractivity contribution is 5.35. The highest BCUT2D eigenvalue weighted by Gasteiger charge is 2.21. The molecular weight excluding hydrogens is 202 g/mol. The number of hydrogen-bond acceptors (Lipinski definition) is 5. The molecule has 0 aromatic carbocycles. The second-order valence-electron chi connectivity index (χ2n) is 4.44. The van der Waals surface area contributed by atoms with Crippen molar-refractivity contribution in [2.75, 3.05) is 31.4 Å². The molecule has 0 saturated heterocycles. The Balaban J connectivity index is 2.32. The Morgan fingerprint density at radius 2 is 1.81 bits per heavy atom. The summed E-state index contributed by atoms with van der Waals surface area (Å²) in [5.41, 5.74) is 0. The van der Waals surface area contributed by atoms with Crippen LogP contribution in [0, 0.1) is 0 Å². The average Bonchev–Trinajstić information content (AvgIpc) is 2.81. The molecule has 2 rings (SSSR count). The summed E-state index contributed by atoms with van der Waals surface area (Å²) < 4.78 is 0. The normalized spacial score (nSPS) is 16.4. The molecule has 1 heterocycles. The summed E-state index contributed by atoms with van der Waals surface area (Å²) in [6, 6.07) is 0. The number of nitrogens with zero attached hydrogens (tertiary/aromatic N) is 4. The van der Waals surface area contributed by atoms with Gasteiger partial charge in [0.15, 0.2) is 0 Å². The molecule has 1 aromatic rings. The molecule has 0 atom stereocenters. The fourth-order valence-electron chi connectivity index (χ4n) is 2.06. The molecule has 1 aromatic heterocycles. The van der Waals surface area contributed by atoms with Gasteiger partial charge in [-0.05, 0) is 12.8 Å². The van der Waals surface area contributed by atoms with Gasteiger partial charge in [0.05, 0.1) is 0 Å². The first-order valence-corrected chi connectivity index (χ1v) is 5.81. The van der Waals surface area contributed by atoms with Crippen LogP contribution in [0.4, 0.5) is 11.9 Å². The van der Waals surface area contributed by atoms with Crippen molar-refractivity contribution in [3.8, 4) is 0 Å². The van der Waals surface area contributed by atoms with Crippen LogP contribution in [0.2, 0.25) is 0 Å². The Labute approximate surface area is 96.3 Å². The van der Waals surface area contributed by atoms with E-state index in [4.69, 9.17) is 0 Å². The Kier molecular flexibility index (Phi) is 3.22. The van der Waals surface area contributed by atoms with Gasteiger partial charge in [-0.25, -0.2) is 0 Å². The Morgan fingerprint density at radius 3 is 2.38 bits per heavy atom. The smallest absolute Gasteiger partial charge is 0.229 e. The fourth-order valence-corrected chi connectivity index (χ4v) is 2.06. The van der Waals surface area contributed by atoms with Gasteiger partial charge in [-0.15, -0.1) is 0 Å². The molecule has 1 fully saturated rings. The molecule has 16 heavy (non-hydrogen) atoms. The van der Waals surface area contributed by atoms with Crippen molar-refractivity contribution in [1.29, 1.82) is 0 Å². The van der Waals surface area contributed by atoms with E-state index in [1.54, 1.807) is 0 Å². The molecule has 0 amide bonds. The van der Waals surface area contributed by atoms with Crippen LogP contribution in [0.1, 0.15) is 37.4 Å². The number of hydrogen-bond donors (Lipinski definition) is 1. The zero-order valence-electron chi connectivity index (χ0n) is 10.2. The van der Waals surface area contributed by atoms with Crippen molar-refractivity contribution < 1.29 is 0 Å². The lowest BCUT2D eigenvalue weighted by molar-refractivity contribution is 0.661. The molecular formula is C11H19N5. The van der Waals surface area contributed by atoms with Gasteiger partial charge in [-0.1, -0.05) is 12.8 Å². The molecule has 0 unspecified atom stereocenters. The topological polar surface area (TPSA) is 53.9 Å². The highest BCUT2D eigenvalue weighted by Crippen LogP contribution is 2.32. The number of anilines is 2. The summed E-state index contributed by atoms with van der Waals surface area (Å²) in [6.07, 6.45) is 5.01. The first-order valence-electron chi connectivity index (χ1n) is 5.81. The molecule has 1 N–H and O–H groups in total. The predicted octanol–water partition coefficient (Wildman–Crippen LogP) is 1.64. The van der Waals surface area contributed by atoms with E-state index in [-0.39, 0.29) is 0 Å². The van der Waals surface area contributed by atoms with E-state index in [2.05, 4.69) is 20.3 Å². The van der Waals surface area contributed by atoms with Gasteiger partial charge in [-0.3, -0.25) is 0 Å². The molecule has 1 aliphatic rings. The third-order valence-electron chi connectivity index (χ3n) is 2.98. The third-order valence-corrected chi connectivity index (χ3v) is 2.98. The van der Waals surface area contributed by atoms with Gasteiger partial charge in [0.25, 0.3) is 0 Å². The number of nitrogens with one attached hydrogen (secondary N) is 1. The van der Waals surface area contributed by atoms with Crippen LogP contribution in [0.25, 0.3) is 0 Å². The van der Waals surface area contributed by atoms with Crippen LogP contribution in [0.3, 0.4) is 0 Å². The lowest BCUT2D eigenvalue weighted by atomic mass is 10.1. The molecule has 1 saturated carbocycles. The van der Waals surface area contributed by atoms with Crippen LogP contribution >= 0.6 is 0 Å². The summed E-state index contributed by atoms with van der Waals surface area (Å²) in [4.78, 5) is 15.2. The first kappa shape index (κ1) is 11.1. The summed E-state index contributed by atoms with van der Waals surface area (Å²) in [6.45, 7) is 0. The monoisotopic (exact) mass is 221 g/mol. The SMILES string of the molecule is CNc1nc(C2CCCC2)nc(N(C)C)n1. The highest BCUT2D eigenvalue weighted by atomic mass is 15.3. The lowest BCUT2D eigenvalue weighted by Crippen LogP contribution is -2.17. The van der Waals surface area contributed by atoms with Crippen LogP contribution < -0.4 is 10.2 Å². The summed E-state index contributed by atoms with van der Waals surface area (Å²) in [7, 11) is 5.74. The molecule has 5 heteroatoms. The predicted molar refractivity (Wildman–Crippen MR) is 64.9 cm³/mol. The maximum Gasteiger partial charge on any atom is 0.229 e. The maximum atomic E-state index is 4.53. The van der Waals surface area contributed by atoms with Crippen molar-refractivity contribution in [1.82, 2.24) is 15.0 Å². The third kappa shape index (κ3) is 2.23. The molecule has 0 radical (unpaired) electrons. The second kappa shape index (κ2) is 4.63. The zero-order valence-corrected chi connectivity index (χ0v) is 10.2. The van der Waals surface area contributed by atoms with E-state index >= 15 is 0 Å². The van der Waals surface area contributed by atoms with Crippen LogP contribution in [-0.2, 0) is 0 Å². The Morgan fingerprint density at radius 1 is 1.12 bits per heavy atom. The summed E-state index contributed by atoms with van der Waals surface area (Å²) >= 11 is 0. The van der Waals surface area contributed by atoms with E-state index < -0.39 is 0 Å². The van der Waals surface area contributed by atoms with Crippen molar-refractivity contribution in [2.24, 2.45) is 0 Å². The van der Waals surface area contributed by atoms with E-state index in [0.29, 0.717) is 11.9 Å². The van der Waals surface area contributed by atoms with Gasteiger partial charge in [0.1, 0.15) is 5.82 Å². The Hall–Kier alpha value is -1.39. The van der Waals surface area contributed by atoms with Gasteiger partial charge in [0, 0.05) is 27.1 Å². The molecule has 1 aliphatic carbocycles. The van der Waals surface area contributed by atoms with E-state index in [1.807, 2.05) is 26.0 Å². The Bertz CT molecular complexity index is 357. The zero-order chi connectivity index (χ0) is 11.5. The minimum absolute atomic E-state index is 0.522. The summed E-state index contributed by atoms with van der Waals surface area (Å²) in [5.74, 6) is 2.87. The van der Waals surface area contributed by atoms with Gasteiger partial charge >= 0.3 is 0 Å². The first-order chi connectivity index (χ1) is 7.70. The fraction of sp³-hybridized carbons (Fsp3) is 0.727.